The Morgan fingerprint density at radius 3 is 2.72 bits per heavy atom. The highest BCUT2D eigenvalue weighted by Crippen LogP contribution is 2.27. The number of anilines is 2. The summed E-state index contributed by atoms with van der Waals surface area (Å²) in [4.78, 5) is 14.3. The van der Waals surface area contributed by atoms with Gasteiger partial charge in [-0.2, -0.15) is 10.4 Å². The van der Waals surface area contributed by atoms with Crippen molar-refractivity contribution in [1.82, 2.24) is 9.78 Å². The van der Waals surface area contributed by atoms with E-state index >= 15 is 0 Å². The monoisotopic (exact) mass is 361 g/mol. The highest BCUT2D eigenvalue weighted by Gasteiger charge is 2.27. The Balaban J connectivity index is 1.61. The molecule has 0 saturated carbocycles. The zero-order valence-electron chi connectivity index (χ0n) is 13.7. The maximum Gasteiger partial charge on any atom is 0.228 e. The third-order valence-electron chi connectivity index (χ3n) is 4.31. The number of nitrogens with zero attached hydrogens (tertiary/aromatic N) is 4. The van der Waals surface area contributed by atoms with E-state index in [1.54, 1.807) is 25.4 Å². The first-order chi connectivity index (χ1) is 12.0. The van der Waals surface area contributed by atoms with E-state index in [9.17, 15) is 9.18 Å². The molecule has 1 amide bonds. The van der Waals surface area contributed by atoms with Crippen molar-refractivity contribution in [2.45, 2.75) is 12.8 Å². The minimum Gasteiger partial charge on any atom is -0.369 e. The molecular formula is C17H17ClFN5O. The number of amides is 1. The molecule has 0 spiro atoms. The third kappa shape index (κ3) is 3.74. The van der Waals surface area contributed by atoms with Crippen LogP contribution in [0.5, 0.6) is 0 Å². The van der Waals surface area contributed by atoms with E-state index in [0.29, 0.717) is 48.0 Å². The molecule has 130 valence electrons. The second kappa shape index (κ2) is 7.11. The van der Waals surface area contributed by atoms with Gasteiger partial charge in [0.2, 0.25) is 5.91 Å². The lowest BCUT2D eigenvalue weighted by molar-refractivity contribution is -0.120. The first-order valence-corrected chi connectivity index (χ1v) is 8.30. The van der Waals surface area contributed by atoms with Gasteiger partial charge in [-0.1, -0.05) is 11.6 Å². The number of aryl methyl sites for hydroxylation is 1. The van der Waals surface area contributed by atoms with Gasteiger partial charge in [-0.25, -0.2) is 4.39 Å². The Bertz CT molecular complexity index is 836. The van der Waals surface area contributed by atoms with Crippen LogP contribution >= 0.6 is 11.6 Å². The Labute approximate surface area is 149 Å². The van der Waals surface area contributed by atoms with E-state index in [1.807, 2.05) is 11.0 Å². The maximum absolute atomic E-state index is 14.1. The van der Waals surface area contributed by atoms with Crippen LogP contribution in [0, 0.1) is 23.1 Å². The molecule has 2 aromatic rings. The molecule has 3 rings (SSSR count). The van der Waals surface area contributed by atoms with Crippen molar-refractivity contribution in [1.29, 1.82) is 5.26 Å². The number of piperidine rings is 1. The Hall–Kier alpha value is -2.59. The predicted octanol–water partition coefficient (Wildman–Crippen LogP) is 2.94. The molecule has 1 aliphatic heterocycles. The van der Waals surface area contributed by atoms with Crippen LogP contribution in [0.25, 0.3) is 0 Å². The molecular weight excluding hydrogens is 345 g/mol. The number of carbonyl (C=O) groups is 1. The number of rotatable bonds is 3. The van der Waals surface area contributed by atoms with Crippen molar-refractivity contribution in [2.24, 2.45) is 13.0 Å². The molecule has 1 N–H and O–H groups in total. The van der Waals surface area contributed by atoms with Gasteiger partial charge in [0.1, 0.15) is 10.8 Å². The molecule has 1 aliphatic rings. The molecule has 8 heteroatoms. The second-order valence-electron chi connectivity index (χ2n) is 6.03. The van der Waals surface area contributed by atoms with Crippen LogP contribution in [-0.4, -0.2) is 28.8 Å². The van der Waals surface area contributed by atoms with E-state index in [1.165, 1.54) is 10.7 Å². The summed E-state index contributed by atoms with van der Waals surface area (Å²) >= 11 is 6.00. The molecule has 6 nitrogen and oxygen atoms in total. The number of hydrogen-bond donors (Lipinski definition) is 1. The van der Waals surface area contributed by atoms with Crippen LogP contribution in [0.4, 0.5) is 15.9 Å². The quantitative estimate of drug-likeness (QED) is 0.912. The van der Waals surface area contributed by atoms with E-state index < -0.39 is 5.82 Å². The Morgan fingerprint density at radius 1 is 1.44 bits per heavy atom. The molecule has 1 aromatic carbocycles. The fourth-order valence-corrected chi connectivity index (χ4v) is 3.20. The smallest absolute Gasteiger partial charge is 0.228 e. The van der Waals surface area contributed by atoms with Gasteiger partial charge in [0.15, 0.2) is 5.82 Å². The van der Waals surface area contributed by atoms with Gasteiger partial charge in [-0.05, 0) is 31.0 Å². The van der Waals surface area contributed by atoms with Crippen molar-refractivity contribution in [2.75, 3.05) is 23.3 Å². The number of benzene rings is 1. The molecule has 1 saturated heterocycles. The van der Waals surface area contributed by atoms with E-state index in [4.69, 9.17) is 16.9 Å². The summed E-state index contributed by atoms with van der Waals surface area (Å²) < 4.78 is 15.7. The molecule has 1 aromatic heterocycles. The highest BCUT2D eigenvalue weighted by atomic mass is 35.5. The van der Waals surface area contributed by atoms with Crippen LogP contribution in [0.1, 0.15) is 18.4 Å². The van der Waals surface area contributed by atoms with Crippen LogP contribution < -0.4 is 10.2 Å². The number of aromatic nitrogens is 2. The summed E-state index contributed by atoms with van der Waals surface area (Å²) in [6, 6.07) is 6.36. The molecule has 25 heavy (non-hydrogen) atoms. The number of nitrogens with one attached hydrogen (secondary N) is 1. The number of carbonyl (C=O) groups excluding carboxylic acids is 1. The van der Waals surface area contributed by atoms with Crippen molar-refractivity contribution < 1.29 is 9.18 Å². The van der Waals surface area contributed by atoms with Gasteiger partial charge >= 0.3 is 0 Å². The Kier molecular flexibility index (Phi) is 4.91. The molecule has 1 fully saturated rings. The molecule has 0 unspecified atom stereocenters. The summed E-state index contributed by atoms with van der Waals surface area (Å²) in [7, 11) is 1.73. The average Bonchev–Trinajstić information content (AvgIpc) is 2.92. The normalized spacial score (nSPS) is 15.0. The fourth-order valence-electron chi connectivity index (χ4n) is 2.98. The van der Waals surface area contributed by atoms with Crippen molar-refractivity contribution in [3.8, 4) is 6.07 Å². The molecule has 0 atom stereocenters. The minimum absolute atomic E-state index is 0.124. The fraction of sp³-hybridized carbons (Fsp3) is 0.353. The van der Waals surface area contributed by atoms with Crippen LogP contribution in [0.15, 0.2) is 24.4 Å². The zero-order chi connectivity index (χ0) is 18.0. The first-order valence-electron chi connectivity index (χ1n) is 7.92. The summed E-state index contributed by atoms with van der Waals surface area (Å²) in [5.41, 5.74) is 0.758. The maximum atomic E-state index is 14.1. The SMILES string of the molecule is Cn1cc(Cl)c(NC(=O)C2CCN(c3ccc(C#N)cc3F)CC2)n1. The largest absolute Gasteiger partial charge is 0.369 e. The summed E-state index contributed by atoms with van der Waals surface area (Å²) in [6.45, 7) is 1.13. The summed E-state index contributed by atoms with van der Waals surface area (Å²) in [5.74, 6) is -0.353. The third-order valence-corrected chi connectivity index (χ3v) is 4.59. The van der Waals surface area contributed by atoms with Gasteiger partial charge < -0.3 is 10.2 Å². The lowest BCUT2D eigenvalue weighted by Gasteiger charge is -2.33. The van der Waals surface area contributed by atoms with Crippen LogP contribution in [0.2, 0.25) is 5.02 Å². The standard InChI is InChI=1S/C17H17ClFN5O/c1-23-10-13(18)16(22-23)21-17(25)12-4-6-24(7-5-12)15-3-2-11(9-20)8-14(15)19/h2-3,8,10,12H,4-7H2,1H3,(H,21,22,25). The molecule has 0 bridgehead atoms. The van der Waals surface area contributed by atoms with Crippen LogP contribution in [0.3, 0.4) is 0 Å². The summed E-state index contributed by atoms with van der Waals surface area (Å²) in [6.07, 6.45) is 2.83. The van der Waals surface area contributed by atoms with Crippen molar-refractivity contribution >= 4 is 29.0 Å². The Morgan fingerprint density at radius 2 is 2.16 bits per heavy atom. The highest BCUT2D eigenvalue weighted by molar-refractivity contribution is 6.33. The minimum atomic E-state index is -0.415. The van der Waals surface area contributed by atoms with Gasteiger partial charge in [0.05, 0.1) is 17.3 Å². The molecule has 0 aliphatic carbocycles. The lowest BCUT2D eigenvalue weighted by atomic mass is 9.95. The molecule has 0 radical (unpaired) electrons. The van der Waals surface area contributed by atoms with Gasteiger partial charge in [0.25, 0.3) is 0 Å². The van der Waals surface area contributed by atoms with Crippen molar-refractivity contribution in [3.05, 3.63) is 40.8 Å². The topological polar surface area (TPSA) is 74.0 Å². The van der Waals surface area contributed by atoms with E-state index in [0.717, 1.165) is 0 Å². The average molecular weight is 362 g/mol. The number of nitriles is 1. The van der Waals surface area contributed by atoms with Gasteiger partial charge in [0, 0.05) is 32.3 Å². The first kappa shape index (κ1) is 17.2. The zero-order valence-corrected chi connectivity index (χ0v) is 14.4. The number of hydrogen-bond acceptors (Lipinski definition) is 4. The predicted molar refractivity (Wildman–Crippen MR) is 92.9 cm³/mol. The van der Waals surface area contributed by atoms with E-state index in [-0.39, 0.29) is 11.8 Å². The van der Waals surface area contributed by atoms with Crippen LogP contribution in [-0.2, 0) is 11.8 Å². The van der Waals surface area contributed by atoms with E-state index in [2.05, 4.69) is 10.4 Å². The lowest BCUT2D eigenvalue weighted by Crippen LogP contribution is -2.38. The second-order valence-corrected chi connectivity index (χ2v) is 6.44. The molecule has 2 heterocycles. The van der Waals surface area contributed by atoms with Crippen molar-refractivity contribution in [3.63, 3.8) is 0 Å². The van der Waals surface area contributed by atoms with Gasteiger partial charge in [-0.15, -0.1) is 0 Å². The number of halogens is 2. The summed E-state index contributed by atoms with van der Waals surface area (Å²) in [5, 5.41) is 16.1. The van der Waals surface area contributed by atoms with Gasteiger partial charge in [-0.3, -0.25) is 9.48 Å².